The van der Waals surface area contributed by atoms with Gasteiger partial charge < -0.3 is 14.9 Å². The van der Waals surface area contributed by atoms with E-state index in [1.54, 1.807) is 6.92 Å². The summed E-state index contributed by atoms with van der Waals surface area (Å²) in [6, 6.07) is 17.9. The molecule has 2 saturated heterocycles. The third-order valence-electron chi connectivity index (χ3n) is 5.66. The third-order valence-corrected chi connectivity index (χ3v) is 5.66. The molecule has 3 nitrogen and oxygen atoms in total. The van der Waals surface area contributed by atoms with E-state index in [0.717, 1.165) is 11.5 Å². The van der Waals surface area contributed by atoms with Crippen LogP contribution < -0.4 is 4.90 Å². The summed E-state index contributed by atoms with van der Waals surface area (Å²) in [7, 11) is 2.23. The highest BCUT2D eigenvalue weighted by molar-refractivity contribution is 5.67. The van der Waals surface area contributed by atoms with Gasteiger partial charge in [0, 0.05) is 31.4 Å². The fraction of sp³-hybridized carbons (Fsp3) is 0.429. The Balaban J connectivity index is 1.52. The molecular formula is C21H26N2O. The average Bonchev–Trinajstić information content (AvgIpc) is 3.14. The Hall–Kier alpha value is -1.84. The minimum Gasteiger partial charge on any atom is -0.389 e. The van der Waals surface area contributed by atoms with E-state index in [9.17, 15) is 5.11 Å². The Morgan fingerprint density at radius 2 is 1.58 bits per heavy atom. The topological polar surface area (TPSA) is 26.7 Å². The van der Waals surface area contributed by atoms with E-state index in [4.69, 9.17) is 0 Å². The number of nitrogens with zero attached hydrogens (tertiary/aromatic N) is 2. The van der Waals surface area contributed by atoms with Gasteiger partial charge in [0.2, 0.25) is 0 Å². The lowest BCUT2D eigenvalue weighted by Crippen LogP contribution is -2.34. The van der Waals surface area contributed by atoms with Crippen molar-refractivity contribution < 1.29 is 5.11 Å². The zero-order valence-electron chi connectivity index (χ0n) is 14.5. The maximum absolute atomic E-state index is 9.63. The lowest BCUT2D eigenvalue weighted by atomic mass is 10.0. The number of benzene rings is 2. The van der Waals surface area contributed by atoms with Gasteiger partial charge in [0.25, 0.3) is 0 Å². The first kappa shape index (κ1) is 15.7. The van der Waals surface area contributed by atoms with Gasteiger partial charge in [0.05, 0.1) is 6.10 Å². The fourth-order valence-corrected chi connectivity index (χ4v) is 4.29. The first-order valence-corrected chi connectivity index (χ1v) is 8.95. The monoisotopic (exact) mass is 322 g/mol. The molecule has 2 aliphatic heterocycles. The molecule has 2 aromatic rings. The number of hydrogen-bond acceptors (Lipinski definition) is 3. The number of rotatable bonds is 3. The van der Waals surface area contributed by atoms with E-state index < -0.39 is 6.10 Å². The average molecular weight is 322 g/mol. The van der Waals surface area contributed by atoms with Gasteiger partial charge in [-0.2, -0.15) is 0 Å². The number of anilines is 1. The van der Waals surface area contributed by atoms with Crippen molar-refractivity contribution in [2.75, 3.05) is 31.6 Å². The Morgan fingerprint density at radius 3 is 2.21 bits per heavy atom. The van der Waals surface area contributed by atoms with Gasteiger partial charge in [-0.25, -0.2) is 0 Å². The highest BCUT2D eigenvalue weighted by atomic mass is 16.3. The lowest BCUT2D eigenvalue weighted by molar-refractivity contribution is 0.199. The van der Waals surface area contributed by atoms with Gasteiger partial charge in [-0.05, 0) is 55.1 Å². The number of likely N-dealkylation sites (tertiary alicyclic amines) is 1. The molecule has 3 atom stereocenters. The number of fused-ring (bicyclic) bond motifs is 1. The first-order valence-electron chi connectivity index (χ1n) is 8.95. The smallest absolute Gasteiger partial charge is 0.0761 e. The van der Waals surface area contributed by atoms with Crippen molar-refractivity contribution in [2.45, 2.75) is 25.5 Å². The van der Waals surface area contributed by atoms with E-state index in [1.807, 2.05) is 12.1 Å². The summed E-state index contributed by atoms with van der Waals surface area (Å²) in [5.41, 5.74) is 4.74. The predicted molar refractivity (Wildman–Crippen MR) is 99.2 cm³/mol. The molecule has 1 N–H and O–H groups in total. The van der Waals surface area contributed by atoms with Gasteiger partial charge in [-0.15, -0.1) is 0 Å². The zero-order chi connectivity index (χ0) is 16.7. The summed E-state index contributed by atoms with van der Waals surface area (Å²) < 4.78 is 0. The molecule has 0 radical (unpaired) electrons. The number of likely N-dealkylation sites (N-methyl/N-ethyl adjacent to an activating group) is 1. The third kappa shape index (κ3) is 2.83. The van der Waals surface area contributed by atoms with Crippen LogP contribution in [0, 0.1) is 5.92 Å². The molecule has 2 aliphatic rings. The standard InChI is InChI=1S/C21H26N2O/c1-15(24)16-3-5-17(6-4-16)18-7-9-20(10-8-18)23-12-11-19-13-22(2)14-21(19)23/h3-10,15,19,21,24H,11-14H2,1-2H3/t15?,19-,21+/m1/s1. The van der Waals surface area contributed by atoms with Gasteiger partial charge in [-0.3, -0.25) is 0 Å². The largest absolute Gasteiger partial charge is 0.389 e. The number of aliphatic hydroxyl groups excluding tert-OH is 1. The summed E-state index contributed by atoms with van der Waals surface area (Å²) in [5.74, 6) is 0.836. The van der Waals surface area contributed by atoms with Crippen molar-refractivity contribution in [3.63, 3.8) is 0 Å². The van der Waals surface area contributed by atoms with Crippen molar-refractivity contribution >= 4 is 5.69 Å². The normalized spacial score (nSPS) is 25.0. The molecule has 3 heteroatoms. The molecule has 0 aliphatic carbocycles. The zero-order valence-corrected chi connectivity index (χ0v) is 14.5. The Kier molecular flexibility index (Phi) is 4.07. The van der Waals surface area contributed by atoms with Crippen molar-refractivity contribution in [2.24, 2.45) is 5.92 Å². The first-order chi connectivity index (χ1) is 11.6. The van der Waals surface area contributed by atoms with E-state index in [0.29, 0.717) is 6.04 Å². The Morgan fingerprint density at radius 1 is 0.958 bits per heavy atom. The molecule has 0 bridgehead atoms. The maximum Gasteiger partial charge on any atom is 0.0761 e. The van der Waals surface area contributed by atoms with Crippen LogP contribution in [0.5, 0.6) is 0 Å². The second-order valence-electron chi connectivity index (χ2n) is 7.38. The van der Waals surface area contributed by atoms with Gasteiger partial charge in [0.15, 0.2) is 0 Å². The highest BCUT2D eigenvalue weighted by Crippen LogP contribution is 2.35. The lowest BCUT2D eigenvalue weighted by Gasteiger charge is -2.26. The SMILES string of the molecule is CC(O)c1ccc(-c2ccc(N3CC[C@@H]4CN(C)C[C@@H]43)cc2)cc1. The van der Waals surface area contributed by atoms with E-state index in [2.05, 4.69) is 53.2 Å². The number of hydrogen-bond donors (Lipinski definition) is 1. The molecule has 0 saturated carbocycles. The van der Waals surface area contributed by atoms with Crippen LogP contribution in [0.25, 0.3) is 11.1 Å². The molecule has 1 unspecified atom stereocenters. The molecule has 0 aromatic heterocycles. The summed E-state index contributed by atoms with van der Waals surface area (Å²) in [5, 5.41) is 9.63. The molecule has 2 aromatic carbocycles. The fourth-order valence-electron chi connectivity index (χ4n) is 4.29. The molecule has 24 heavy (non-hydrogen) atoms. The van der Waals surface area contributed by atoms with Gasteiger partial charge in [0.1, 0.15) is 0 Å². The van der Waals surface area contributed by atoms with Gasteiger partial charge in [-0.1, -0.05) is 36.4 Å². The van der Waals surface area contributed by atoms with E-state index >= 15 is 0 Å². The minimum atomic E-state index is -0.408. The predicted octanol–water partition coefficient (Wildman–Crippen LogP) is 3.55. The number of aliphatic hydroxyl groups is 1. The molecule has 0 spiro atoms. The molecule has 4 rings (SSSR count). The van der Waals surface area contributed by atoms with Crippen LogP contribution >= 0.6 is 0 Å². The van der Waals surface area contributed by atoms with E-state index in [1.165, 1.54) is 42.9 Å². The van der Waals surface area contributed by atoms with Crippen molar-refractivity contribution in [1.82, 2.24) is 4.90 Å². The Bertz CT molecular complexity index is 693. The van der Waals surface area contributed by atoms with Crippen LogP contribution in [0.1, 0.15) is 25.0 Å². The van der Waals surface area contributed by atoms with Crippen LogP contribution in [-0.2, 0) is 0 Å². The molecule has 2 fully saturated rings. The van der Waals surface area contributed by atoms with Gasteiger partial charge >= 0.3 is 0 Å². The van der Waals surface area contributed by atoms with Crippen molar-refractivity contribution in [3.8, 4) is 11.1 Å². The summed E-state index contributed by atoms with van der Waals surface area (Å²) >= 11 is 0. The maximum atomic E-state index is 9.63. The van der Waals surface area contributed by atoms with Crippen molar-refractivity contribution in [1.29, 1.82) is 0 Å². The summed E-state index contributed by atoms with van der Waals surface area (Å²) in [6.07, 6.45) is 0.909. The molecule has 126 valence electrons. The van der Waals surface area contributed by atoms with Crippen LogP contribution in [0.15, 0.2) is 48.5 Å². The second-order valence-corrected chi connectivity index (χ2v) is 7.38. The Labute approximate surface area is 144 Å². The van der Waals surface area contributed by atoms with Crippen LogP contribution in [-0.4, -0.2) is 42.7 Å². The molecule has 2 heterocycles. The van der Waals surface area contributed by atoms with Crippen LogP contribution in [0.3, 0.4) is 0 Å². The summed E-state index contributed by atoms with van der Waals surface area (Å²) in [6.45, 7) is 5.42. The summed E-state index contributed by atoms with van der Waals surface area (Å²) in [4.78, 5) is 5.05. The minimum absolute atomic E-state index is 0.408. The molecule has 0 amide bonds. The highest BCUT2D eigenvalue weighted by Gasteiger charge is 2.39. The van der Waals surface area contributed by atoms with E-state index in [-0.39, 0.29) is 0 Å². The van der Waals surface area contributed by atoms with Crippen molar-refractivity contribution in [3.05, 3.63) is 54.1 Å². The van der Waals surface area contributed by atoms with Crippen LogP contribution in [0.2, 0.25) is 0 Å². The second kappa shape index (κ2) is 6.23. The van der Waals surface area contributed by atoms with Crippen LogP contribution in [0.4, 0.5) is 5.69 Å². The quantitative estimate of drug-likeness (QED) is 0.936. The molecular weight excluding hydrogens is 296 g/mol.